The van der Waals surface area contributed by atoms with Crippen LogP contribution in [0.1, 0.15) is 70.9 Å². The summed E-state index contributed by atoms with van der Waals surface area (Å²) >= 11 is 0. The van der Waals surface area contributed by atoms with Gasteiger partial charge in [0.15, 0.2) is 0 Å². The van der Waals surface area contributed by atoms with E-state index in [1.54, 1.807) is 0 Å². The lowest BCUT2D eigenvalue weighted by molar-refractivity contribution is 0.0743. The van der Waals surface area contributed by atoms with Crippen LogP contribution >= 0.6 is 0 Å². The summed E-state index contributed by atoms with van der Waals surface area (Å²) in [5.41, 5.74) is 4.06. The first-order valence-electron chi connectivity index (χ1n) is 11.5. The van der Waals surface area contributed by atoms with Gasteiger partial charge >= 0.3 is 0 Å². The highest BCUT2D eigenvalue weighted by molar-refractivity contribution is 6.05. The van der Waals surface area contributed by atoms with Crippen molar-refractivity contribution in [2.24, 2.45) is 0 Å². The zero-order valence-electron chi connectivity index (χ0n) is 18.9. The second-order valence-corrected chi connectivity index (χ2v) is 9.20. The summed E-state index contributed by atoms with van der Waals surface area (Å²) in [6, 6.07) is 13.9. The molecule has 2 heterocycles. The standard InChI is InChI=1S/C26H33N3O2/c1-18(2)20-7-4-8-21(15-20)25(30)27-24-16-22(11-10-19(24)3)26(31)29-14-6-13-28-12-5-9-23(28)17-29/h4,7-8,10-11,15-16,18,23H,5-6,9,12-14,17H2,1-3H3,(H,27,30)/t23-/m0/s1. The minimum absolute atomic E-state index is 0.0612. The van der Waals surface area contributed by atoms with Crippen molar-refractivity contribution in [2.45, 2.75) is 52.0 Å². The molecule has 2 aliphatic heterocycles. The predicted molar refractivity (Wildman–Crippen MR) is 125 cm³/mol. The van der Waals surface area contributed by atoms with E-state index in [9.17, 15) is 9.59 Å². The normalized spacial score (nSPS) is 19.2. The van der Waals surface area contributed by atoms with Gasteiger partial charge in [0.1, 0.15) is 0 Å². The van der Waals surface area contributed by atoms with Gasteiger partial charge in [-0.25, -0.2) is 0 Å². The van der Waals surface area contributed by atoms with Gasteiger partial charge in [-0.1, -0.05) is 32.0 Å². The maximum atomic E-state index is 13.3. The fourth-order valence-corrected chi connectivity index (χ4v) is 4.70. The molecule has 0 spiro atoms. The Morgan fingerprint density at radius 3 is 2.61 bits per heavy atom. The van der Waals surface area contributed by atoms with E-state index in [-0.39, 0.29) is 11.8 Å². The molecule has 0 bridgehead atoms. The van der Waals surface area contributed by atoms with Crippen molar-refractivity contribution in [3.63, 3.8) is 0 Å². The summed E-state index contributed by atoms with van der Waals surface area (Å²) in [5, 5.41) is 3.02. The second-order valence-electron chi connectivity index (χ2n) is 9.20. The number of carbonyl (C=O) groups is 2. The van der Waals surface area contributed by atoms with E-state index >= 15 is 0 Å². The molecule has 164 valence electrons. The molecular weight excluding hydrogens is 386 g/mol. The molecular formula is C26H33N3O2. The molecule has 2 aromatic rings. The van der Waals surface area contributed by atoms with Crippen LogP contribution in [0.3, 0.4) is 0 Å². The number of amides is 2. The van der Waals surface area contributed by atoms with E-state index in [1.165, 1.54) is 12.8 Å². The lowest BCUT2D eigenvalue weighted by Gasteiger charge is -2.26. The minimum atomic E-state index is -0.147. The lowest BCUT2D eigenvalue weighted by atomic mass is 10.0. The number of benzene rings is 2. The third-order valence-electron chi connectivity index (χ3n) is 6.64. The van der Waals surface area contributed by atoms with Gasteiger partial charge in [0, 0.05) is 42.5 Å². The summed E-state index contributed by atoms with van der Waals surface area (Å²) < 4.78 is 0. The van der Waals surface area contributed by atoms with Crippen LogP contribution in [0.15, 0.2) is 42.5 Å². The molecule has 2 saturated heterocycles. The molecule has 1 N–H and O–H groups in total. The van der Waals surface area contributed by atoms with E-state index in [2.05, 4.69) is 24.1 Å². The van der Waals surface area contributed by atoms with E-state index in [0.717, 1.165) is 43.7 Å². The van der Waals surface area contributed by atoms with Gasteiger partial charge in [-0.05, 0) is 74.0 Å². The Bertz CT molecular complexity index is 969. The first-order chi connectivity index (χ1) is 14.9. The smallest absolute Gasteiger partial charge is 0.255 e. The highest BCUT2D eigenvalue weighted by Gasteiger charge is 2.31. The highest BCUT2D eigenvalue weighted by Crippen LogP contribution is 2.24. The average Bonchev–Trinajstić information content (AvgIpc) is 3.11. The Balaban J connectivity index is 1.51. The molecule has 5 nitrogen and oxygen atoms in total. The van der Waals surface area contributed by atoms with Crippen molar-refractivity contribution >= 4 is 17.5 Å². The molecule has 0 aliphatic carbocycles. The van der Waals surface area contributed by atoms with Gasteiger partial charge < -0.3 is 10.2 Å². The van der Waals surface area contributed by atoms with E-state index < -0.39 is 0 Å². The number of hydrogen-bond donors (Lipinski definition) is 1. The summed E-state index contributed by atoms with van der Waals surface area (Å²) in [6.45, 7) is 10.0. The Kier molecular flexibility index (Phi) is 6.42. The fraction of sp³-hybridized carbons (Fsp3) is 0.462. The van der Waals surface area contributed by atoms with Gasteiger partial charge in [0.25, 0.3) is 11.8 Å². The fourth-order valence-electron chi connectivity index (χ4n) is 4.70. The quantitative estimate of drug-likeness (QED) is 0.783. The monoisotopic (exact) mass is 419 g/mol. The van der Waals surface area contributed by atoms with Gasteiger partial charge in [-0.2, -0.15) is 0 Å². The van der Waals surface area contributed by atoms with Gasteiger partial charge in [0.2, 0.25) is 0 Å². The molecule has 4 rings (SSSR count). The van der Waals surface area contributed by atoms with Crippen molar-refractivity contribution in [2.75, 3.05) is 31.5 Å². The van der Waals surface area contributed by atoms with E-state index in [0.29, 0.717) is 28.8 Å². The van der Waals surface area contributed by atoms with Crippen LogP contribution < -0.4 is 5.32 Å². The van der Waals surface area contributed by atoms with Crippen LogP contribution in [0.2, 0.25) is 0 Å². The third-order valence-corrected chi connectivity index (χ3v) is 6.64. The zero-order chi connectivity index (χ0) is 22.0. The van der Waals surface area contributed by atoms with Crippen molar-refractivity contribution in [1.29, 1.82) is 0 Å². The number of nitrogens with one attached hydrogen (secondary N) is 1. The lowest BCUT2D eigenvalue weighted by Crippen LogP contribution is -2.39. The van der Waals surface area contributed by atoms with Crippen LogP contribution in [0.5, 0.6) is 0 Å². The zero-order valence-corrected chi connectivity index (χ0v) is 18.9. The number of hydrogen-bond acceptors (Lipinski definition) is 3. The van der Waals surface area contributed by atoms with Gasteiger partial charge in [-0.15, -0.1) is 0 Å². The number of rotatable bonds is 4. The molecule has 0 saturated carbocycles. The number of aryl methyl sites for hydroxylation is 1. The topological polar surface area (TPSA) is 52.7 Å². The summed E-state index contributed by atoms with van der Waals surface area (Å²) in [6.07, 6.45) is 3.42. The van der Waals surface area contributed by atoms with E-state index in [4.69, 9.17) is 0 Å². The molecule has 1 atom stereocenters. The molecule has 2 amide bonds. The molecule has 31 heavy (non-hydrogen) atoms. The maximum Gasteiger partial charge on any atom is 0.255 e. The van der Waals surface area contributed by atoms with Crippen molar-refractivity contribution in [1.82, 2.24) is 9.80 Å². The number of anilines is 1. The SMILES string of the molecule is Cc1ccc(C(=O)N2CCCN3CCC[C@H]3C2)cc1NC(=O)c1cccc(C(C)C)c1. The first-order valence-corrected chi connectivity index (χ1v) is 11.5. The second kappa shape index (κ2) is 9.23. The summed E-state index contributed by atoms with van der Waals surface area (Å²) in [7, 11) is 0. The molecule has 0 aromatic heterocycles. The van der Waals surface area contributed by atoms with Gasteiger partial charge in [0.05, 0.1) is 0 Å². The van der Waals surface area contributed by atoms with Crippen LogP contribution in [-0.4, -0.2) is 53.8 Å². The largest absolute Gasteiger partial charge is 0.337 e. The van der Waals surface area contributed by atoms with Crippen LogP contribution in [-0.2, 0) is 0 Å². The van der Waals surface area contributed by atoms with Crippen LogP contribution in [0.25, 0.3) is 0 Å². The first kappa shape index (κ1) is 21.6. The Hall–Kier alpha value is -2.66. The molecule has 2 fully saturated rings. The summed E-state index contributed by atoms with van der Waals surface area (Å²) in [4.78, 5) is 30.7. The molecule has 5 heteroatoms. The molecule has 0 unspecified atom stereocenters. The van der Waals surface area contributed by atoms with Crippen molar-refractivity contribution in [3.8, 4) is 0 Å². The van der Waals surface area contributed by atoms with Crippen molar-refractivity contribution in [3.05, 3.63) is 64.7 Å². The molecule has 2 aromatic carbocycles. The predicted octanol–water partition coefficient (Wildman–Crippen LogP) is 4.68. The Morgan fingerprint density at radius 2 is 1.81 bits per heavy atom. The highest BCUT2D eigenvalue weighted by atomic mass is 16.2. The Morgan fingerprint density at radius 1 is 1.00 bits per heavy atom. The van der Waals surface area contributed by atoms with Crippen LogP contribution in [0.4, 0.5) is 5.69 Å². The van der Waals surface area contributed by atoms with Crippen molar-refractivity contribution < 1.29 is 9.59 Å². The maximum absolute atomic E-state index is 13.3. The minimum Gasteiger partial charge on any atom is -0.337 e. The van der Waals surface area contributed by atoms with Gasteiger partial charge in [-0.3, -0.25) is 14.5 Å². The number of fused-ring (bicyclic) bond motifs is 1. The Labute approximate surface area is 185 Å². The summed E-state index contributed by atoms with van der Waals surface area (Å²) in [5.74, 6) is 0.275. The average molecular weight is 420 g/mol. The number of carbonyl (C=O) groups excluding carboxylic acids is 2. The molecule has 2 aliphatic rings. The van der Waals surface area contributed by atoms with E-state index in [1.807, 2.05) is 54.3 Å². The van der Waals surface area contributed by atoms with Crippen LogP contribution in [0, 0.1) is 6.92 Å². The number of nitrogens with zero attached hydrogens (tertiary/aromatic N) is 2. The third kappa shape index (κ3) is 4.82. The molecule has 0 radical (unpaired) electrons.